The Morgan fingerprint density at radius 2 is 1.50 bits per heavy atom. The number of hydrogen-bond acceptors (Lipinski definition) is 2. The maximum Gasteiger partial charge on any atom is 0.0234 e. The first kappa shape index (κ1) is 13.2. The minimum absolute atomic E-state index is 0. The average Bonchev–Trinajstić information content (AvgIpc) is 1.82. The van der Waals surface area contributed by atoms with E-state index in [4.69, 9.17) is 0 Å². The summed E-state index contributed by atoms with van der Waals surface area (Å²) >= 11 is 0. The second-order valence-corrected chi connectivity index (χ2v) is 3.89. The van der Waals surface area contributed by atoms with Crippen LogP contribution in [0.15, 0.2) is 0 Å². The molecular formula is C6H18ClN2P. The van der Waals surface area contributed by atoms with Crippen LogP contribution < -0.4 is 0 Å². The zero-order valence-corrected chi connectivity index (χ0v) is 9.03. The van der Waals surface area contributed by atoms with Crippen LogP contribution in [0.25, 0.3) is 0 Å². The molecule has 64 valence electrons. The summed E-state index contributed by atoms with van der Waals surface area (Å²) in [6, 6.07) is 0. The van der Waals surface area contributed by atoms with E-state index in [2.05, 4.69) is 37.3 Å². The molecule has 4 heteroatoms. The lowest BCUT2D eigenvalue weighted by Crippen LogP contribution is -2.17. The predicted octanol–water partition coefficient (Wildman–Crippen LogP) is 1.82. The van der Waals surface area contributed by atoms with Crippen molar-refractivity contribution in [3.63, 3.8) is 0 Å². The average molecular weight is 185 g/mol. The Labute approximate surface area is 72.3 Å². The van der Waals surface area contributed by atoms with Crippen molar-refractivity contribution in [1.82, 2.24) is 9.34 Å². The maximum absolute atomic E-state index is 2.40. The topological polar surface area (TPSA) is 6.48 Å². The first-order valence-corrected chi connectivity index (χ1v) is 4.28. The van der Waals surface area contributed by atoms with Crippen molar-refractivity contribution in [2.45, 2.75) is 13.8 Å². The molecule has 10 heavy (non-hydrogen) atoms. The minimum Gasteiger partial charge on any atom is -0.279 e. The highest BCUT2D eigenvalue weighted by Crippen LogP contribution is 2.17. The van der Waals surface area contributed by atoms with Gasteiger partial charge in [-0.05, 0) is 14.1 Å². The lowest BCUT2D eigenvalue weighted by atomic mass is 10.7. The summed E-state index contributed by atoms with van der Waals surface area (Å²) in [5.41, 5.74) is 0. The van der Waals surface area contributed by atoms with Gasteiger partial charge in [0, 0.05) is 22.0 Å². The van der Waals surface area contributed by atoms with E-state index in [0.717, 1.165) is 22.0 Å². The Kier molecular flexibility index (Phi) is 10.3. The third-order valence-electron chi connectivity index (χ3n) is 1.10. The van der Waals surface area contributed by atoms with Crippen LogP contribution >= 0.6 is 21.3 Å². The van der Waals surface area contributed by atoms with E-state index in [1.54, 1.807) is 0 Å². The molecule has 0 aliphatic rings. The van der Waals surface area contributed by atoms with Gasteiger partial charge < -0.3 is 0 Å². The molecule has 0 fully saturated rings. The van der Waals surface area contributed by atoms with Gasteiger partial charge >= 0.3 is 0 Å². The van der Waals surface area contributed by atoms with Crippen LogP contribution in [0.1, 0.15) is 13.8 Å². The van der Waals surface area contributed by atoms with Gasteiger partial charge in [0.15, 0.2) is 0 Å². The zero-order valence-electron chi connectivity index (χ0n) is 7.22. The van der Waals surface area contributed by atoms with E-state index in [-0.39, 0.29) is 12.4 Å². The van der Waals surface area contributed by atoms with Crippen molar-refractivity contribution in [1.29, 1.82) is 0 Å². The molecule has 1 unspecified atom stereocenters. The molecule has 0 aliphatic carbocycles. The molecule has 0 rings (SSSR count). The summed E-state index contributed by atoms with van der Waals surface area (Å²) in [7, 11) is 5.06. The molecule has 0 aliphatic heterocycles. The summed E-state index contributed by atoms with van der Waals surface area (Å²) in [6.07, 6.45) is 0. The largest absolute Gasteiger partial charge is 0.279 e. The van der Waals surface area contributed by atoms with Crippen LogP contribution in [0.5, 0.6) is 0 Å². The highest BCUT2D eigenvalue weighted by atomic mass is 35.5. The van der Waals surface area contributed by atoms with Gasteiger partial charge in [0.05, 0.1) is 0 Å². The molecule has 0 bridgehead atoms. The smallest absolute Gasteiger partial charge is 0.0234 e. The van der Waals surface area contributed by atoms with Crippen molar-refractivity contribution in [2.75, 3.05) is 27.2 Å². The van der Waals surface area contributed by atoms with Crippen LogP contribution in [0, 0.1) is 0 Å². The Morgan fingerprint density at radius 3 is 1.60 bits per heavy atom. The molecule has 0 heterocycles. The third kappa shape index (κ3) is 6.76. The lowest BCUT2D eigenvalue weighted by Gasteiger charge is -2.21. The Bertz CT molecular complexity index is 66.8. The number of nitrogens with zero attached hydrogens (tertiary/aromatic N) is 2. The summed E-state index contributed by atoms with van der Waals surface area (Å²) in [4.78, 5) is 0. The summed E-state index contributed by atoms with van der Waals surface area (Å²) in [6.45, 7) is 6.71. The molecular weight excluding hydrogens is 167 g/mol. The van der Waals surface area contributed by atoms with Crippen molar-refractivity contribution >= 4 is 21.3 Å². The van der Waals surface area contributed by atoms with Crippen molar-refractivity contribution < 1.29 is 0 Å². The van der Waals surface area contributed by atoms with Crippen molar-refractivity contribution in [3.8, 4) is 0 Å². The molecule has 0 saturated heterocycles. The highest BCUT2D eigenvalue weighted by molar-refractivity contribution is 7.32. The summed E-state index contributed by atoms with van der Waals surface area (Å²) in [5, 5.41) is 0. The van der Waals surface area contributed by atoms with Gasteiger partial charge in [-0.2, -0.15) is 0 Å². The SMILES string of the molecule is CCN(CC)PN(C)C.Cl. The van der Waals surface area contributed by atoms with Crippen LogP contribution in [-0.2, 0) is 0 Å². The molecule has 0 aromatic rings. The van der Waals surface area contributed by atoms with Crippen LogP contribution in [0.4, 0.5) is 0 Å². The van der Waals surface area contributed by atoms with E-state index >= 15 is 0 Å². The lowest BCUT2D eigenvalue weighted by molar-refractivity contribution is 0.483. The monoisotopic (exact) mass is 184 g/mol. The quantitative estimate of drug-likeness (QED) is 0.615. The fourth-order valence-electron chi connectivity index (χ4n) is 0.648. The van der Waals surface area contributed by atoms with E-state index in [9.17, 15) is 0 Å². The van der Waals surface area contributed by atoms with E-state index in [1.807, 2.05) is 0 Å². The molecule has 0 N–H and O–H groups in total. The minimum atomic E-state index is 0. The van der Waals surface area contributed by atoms with Crippen LogP contribution in [0.2, 0.25) is 0 Å². The molecule has 2 nitrogen and oxygen atoms in total. The van der Waals surface area contributed by atoms with E-state index < -0.39 is 0 Å². The first-order chi connectivity index (χ1) is 4.20. The Balaban J connectivity index is 0. The predicted molar refractivity (Wildman–Crippen MR) is 52.2 cm³/mol. The van der Waals surface area contributed by atoms with Crippen LogP contribution in [0.3, 0.4) is 0 Å². The summed E-state index contributed by atoms with van der Waals surface area (Å²) < 4.78 is 4.62. The Morgan fingerprint density at radius 1 is 1.10 bits per heavy atom. The van der Waals surface area contributed by atoms with Gasteiger partial charge in [0.2, 0.25) is 0 Å². The molecule has 0 spiro atoms. The number of rotatable bonds is 4. The fraction of sp³-hybridized carbons (Fsp3) is 1.00. The number of halogens is 1. The molecule has 0 aromatic heterocycles. The van der Waals surface area contributed by atoms with Crippen LogP contribution in [-0.4, -0.2) is 36.5 Å². The first-order valence-electron chi connectivity index (χ1n) is 3.39. The molecule has 1 atom stereocenters. The fourth-order valence-corrected chi connectivity index (χ4v) is 1.50. The van der Waals surface area contributed by atoms with Gasteiger partial charge in [-0.1, -0.05) is 13.8 Å². The second-order valence-electron chi connectivity index (χ2n) is 2.17. The van der Waals surface area contributed by atoms with E-state index in [0.29, 0.717) is 0 Å². The highest BCUT2D eigenvalue weighted by Gasteiger charge is 1.97. The molecule has 0 radical (unpaired) electrons. The molecule has 0 aromatic carbocycles. The second kappa shape index (κ2) is 7.74. The van der Waals surface area contributed by atoms with Gasteiger partial charge in [0.1, 0.15) is 0 Å². The van der Waals surface area contributed by atoms with Crippen molar-refractivity contribution in [3.05, 3.63) is 0 Å². The standard InChI is InChI=1S/C6H17N2P.ClH/c1-5-8(6-2)9-7(3)4;/h9H,5-6H2,1-4H3;1H. The van der Waals surface area contributed by atoms with Crippen molar-refractivity contribution in [2.24, 2.45) is 0 Å². The zero-order chi connectivity index (χ0) is 7.28. The third-order valence-corrected chi connectivity index (χ3v) is 2.42. The molecule has 0 saturated carbocycles. The Hall–Kier alpha value is 0.640. The summed E-state index contributed by atoms with van der Waals surface area (Å²) in [5.74, 6) is 0. The van der Waals surface area contributed by atoms with Gasteiger partial charge in [-0.3, -0.25) is 9.34 Å². The maximum atomic E-state index is 2.40. The van der Waals surface area contributed by atoms with Gasteiger partial charge in [-0.15, -0.1) is 12.4 Å². The molecule has 0 amide bonds. The van der Waals surface area contributed by atoms with Gasteiger partial charge in [-0.25, -0.2) is 0 Å². The number of hydrogen-bond donors (Lipinski definition) is 0. The van der Waals surface area contributed by atoms with E-state index in [1.165, 1.54) is 0 Å². The normalized spacial score (nSPS) is 11.4. The van der Waals surface area contributed by atoms with Gasteiger partial charge in [0.25, 0.3) is 0 Å².